The Morgan fingerprint density at radius 3 is 2.64 bits per heavy atom. The van der Waals surface area contributed by atoms with E-state index in [-0.39, 0.29) is 6.04 Å². The number of aliphatic hydroxyl groups excluding tert-OH is 1. The van der Waals surface area contributed by atoms with Crippen molar-refractivity contribution in [3.8, 4) is 0 Å². The van der Waals surface area contributed by atoms with Crippen molar-refractivity contribution in [3.63, 3.8) is 0 Å². The molecule has 0 aliphatic rings. The fraction of sp³-hybridized carbons (Fsp3) is 0.444. The van der Waals surface area contributed by atoms with E-state index in [2.05, 4.69) is 10.3 Å². The minimum atomic E-state index is -0.516. The number of aromatic nitrogens is 1. The van der Waals surface area contributed by atoms with Gasteiger partial charge >= 0.3 is 0 Å². The highest BCUT2D eigenvalue weighted by Crippen LogP contribution is 2.13. The van der Waals surface area contributed by atoms with Crippen LogP contribution in [0.3, 0.4) is 0 Å². The number of halogens is 2. The van der Waals surface area contributed by atoms with Crippen molar-refractivity contribution in [2.24, 2.45) is 0 Å². The molecule has 1 heterocycles. The molecule has 0 saturated heterocycles. The fourth-order valence-corrected chi connectivity index (χ4v) is 1.45. The summed E-state index contributed by atoms with van der Waals surface area (Å²) in [4.78, 5) is 3.66. The molecule has 0 spiro atoms. The number of nitrogens with zero attached hydrogens (tertiary/aromatic N) is 1. The van der Waals surface area contributed by atoms with Crippen LogP contribution in [0.2, 0.25) is 0 Å². The lowest BCUT2D eigenvalue weighted by Gasteiger charge is -2.17. The third kappa shape index (κ3) is 3.38. The molecule has 5 heteroatoms. The minimum Gasteiger partial charge on any atom is -0.391 e. The fourth-order valence-electron chi connectivity index (χ4n) is 0.893. The number of aliphatic hydroxyl groups is 1. The zero-order valence-corrected chi connectivity index (χ0v) is 10.1. The van der Waals surface area contributed by atoms with Crippen molar-refractivity contribution in [2.45, 2.75) is 26.0 Å². The van der Waals surface area contributed by atoms with E-state index in [4.69, 9.17) is 0 Å². The van der Waals surface area contributed by atoms with Crippen LogP contribution in [0.1, 0.15) is 13.8 Å². The highest BCUT2D eigenvalue weighted by Gasteiger charge is 2.09. The molecule has 0 amide bonds. The molecular weight excluding hydrogens is 298 g/mol. The summed E-state index contributed by atoms with van der Waals surface area (Å²) in [5.41, 5.74) is 0. The summed E-state index contributed by atoms with van der Waals surface area (Å²) in [6.45, 7) is 3.48. The molecule has 2 N–H and O–H groups in total. The van der Waals surface area contributed by atoms with E-state index in [0.29, 0.717) is 5.82 Å². The molecule has 1 aromatic heterocycles. The van der Waals surface area contributed by atoms with Crippen molar-refractivity contribution in [3.05, 3.63) is 21.7 Å². The van der Waals surface area contributed by atoms with E-state index in [9.17, 15) is 9.50 Å². The van der Waals surface area contributed by atoms with Crippen LogP contribution >= 0.6 is 22.6 Å². The number of pyridine rings is 1. The Morgan fingerprint density at radius 2 is 2.14 bits per heavy atom. The molecular formula is C9H12FIN2O. The zero-order chi connectivity index (χ0) is 10.7. The van der Waals surface area contributed by atoms with Gasteiger partial charge in [0.05, 0.1) is 12.1 Å². The van der Waals surface area contributed by atoms with Gasteiger partial charge in [0.25, 0.3) is 0 Å². The third-order valence-electron chi connectivity index (χ3n) is 1.86. The van der Waals surface area contributed by atoms with Gasteiger partial charge in [-0.15, -0.1) is 0 Å². The van der Waals surface area contributed by atoms with E-state index in [1.54, 1.807) is 13.0 Å². The Labute approximate surface area is 95.9 Å². The first-order valence-electron chi connectivity index (χ1n) is 4.26. The van der Waals surface area contributed by atoms with Crippen molar-refractivity contribution in [1.82, 2.24) is 4.98 Å². The summed E-state index contributed by atoms with van der Waals surface area (Å²) < 4.78 is 13.6. The summed E-state index contributed by atoms with van der Waals surface area (Å²) in [7, 11) is 0. The van der Waals surface area contributed by atoms with Crippen molar-refractivity contribution < 1.29 is 9.50 Å². The monoisotopic (exact) mass is 310 g/mol. The SMILES string of the molecule is C[C@@H](O)[C@@H](C)Nc1cc(I)cc(F)n1. The second kappa shape index (κ2) is 4.88. The zero-order valence-electron chi connectivity index (χ0n) is 7.96. The number of hydrogen-bond acceptors (Lipinski definition) is 3. The van der Waals surface area contributed by atoms with Crippen molar-refractivity contribution in [2.75, 3.05) is 5.32 Å². The van der Waals surface area contributed by atoms with Gasteiger partial charge in [-0.1, -0.05) is 0 Å². The van der Waals surface area contributed by atoms with Crippen LogP contribution in [0.5, 0.6) is 0 Å². The van der Waals surface area contributed by atoms with Crippen LogP contribution < -0.4 is 5.32 Å². The summed E-state index contributed by atoms with van der Waals surface area (Å²) in [5.74, 6) is -0.0695. The van der Waals surface area contributed by atoms with Gasteiger partial charge in [-0.05, 0) is 42.5 Å². The Bertz CT molecular complexity index is 299. The summed E-state index contributed by atoms with van der Waals surface area (Å²) >= 11 is 2.01. The molecule has 1 aromatic rings. The van der Waals surface area contributed by atoms with E-state index in [0.717, 1.165) is 3.57 Å². The number of rotatable bonds is 3. The van der Waals surface area contributed by atoms with Crippen LogP contribution in [0.15, 0.2) is 12.1 Å². The molecule has 0 aliphatic carbocycles. The van der Waals surface area contributed by atoms with Crippen LogP contribution in [-0.2, 0) is 0 Å². The Hall–Kier alpha value is -0.430. The van der Waals surface area contributed by atoms with E-state index >= 15 is 0 Å². The van der Waals surface area contributed by atoms with Gasteiger partial charge in [0.15, 0.2) is 0 Å². The average molecular weight is 310 g/mol. The largest absolute Gasteiger partial charge is 0.391 e. The molecule has 14 heavy (non-hydrogen) atoms. The Morgan fingerprint density at radius 1 is 1.50 bits per heavy atom. The van der Waals surface area contributed by atoms with Gasteiger partial charge < -0.3 is 10.4 Å². The summed E-state index contributed by atoms with van der Waals surface area (Å²) in [5, 5.41) is 12.2. The summed E-state index contributed by atoms with van der Waals surface area (Å²) in [6, 6.07) is 2.92. The molecule has 0 bridgehead atoms. The molecule has 0 unspecified atom stereocenters. The van der Waals surface area contributed by atoms with Gasteiger partial charge in [0.2, 0.25) is 5.95 Å². The molecule has 2 atom stereocenters. The normalized spacial score (nSPS) is 14.9. The highest BCUT2D eigenvalue weighted by atomic mass is 127. The van der Waals surface area contributed by atoms with Crippen LogP contribution in [0.25, 0.3) is 0 Å². The maximum Gasteiger partial charge on any atom is 0.215 e. The quantitative estimate of drug-likeness (QED) is 0.663. The maximum absolute atomic E-state index is 12.9. The molecule has 78 valence electrons. The molecule has 0 aliphatic heterocycles. The first-order chi connectivity index (χ1) is 6.49. The third-order valence-corrected chi connectivity index (χ3v) is 2.48. The average Bonchev–Trinajstić information content (AvgIpc) is 2.01. The van der Waals surface area contributed by atoms with Gasteiger partial charge in [-0.2, -0.15) is 4.39 Å². The Kier molecular flexibility index (Phi) is 4.06. The second-order valence-corrected chi connectivity index (χ2v) is 4.41. The lowest BCUT2D eigenvalue weighted by molar-refractivity contribution is 0.177. The highest BCUT2D eigenvalue weighted by molar-refractivity contribution is 14.1. The maximum atomic E-state index is 12.9. The van der Waals surface area contributed by atoms with Crippen LogP contribution in [-0.4, -0.2) is 22.2 Å². The second-order valence-electron chi connectivity index (χ2n) is 3.17. The minimum absolute atomic E-state index is 0.153. The smallest absolute Gasteiger partial charge is 0.215 e. The molecule has 0 radical (unpaired) electrons. The lowest BCUT2D eigenvalue weighted by Crippen LogP contribution is -2.28. The first kappa shape index (κ1) is 11.6. The first-order valence-corrected chi connectivity index (χ1v) is 5.34. The predicted molar refractivity (Wildman–Crippen MR) is 61.7 cm³/mol. The van der Waals surface area contributed by atoms with Gasteiger partial charge in [-0.25, -0.2) is 4.98 Å². The number of hydrogen-bond donors (Lipinski definition) is 2. The van der Waals surface area contributed by atoms with Crippen LogP contribution in [0, 0.1) is 9.52 Å². The van der Waals surface area contributed by atoms with E-state index in [1.165, 1.54) is 6.07 Å². The van der Waals surface area contributed by atoms with Gasteiger partial charge in [0.1, 0.15) is 5.82 Å². The van der Waals surface area contributed by atoms with E-state index < -0.39 is 12.1 Å². The van der Waals surface area contributed by atoms with Crippen LogP contribution in [0.4, 0.5) is 10.2 Å². The molecule has 0 saturated carbocycles. The summed E-state index contributed by atoms with van der Waals surface area (Å²) in [6.07, 6.45) is -0.502. The van der Waals surface area contributed by atoms with Crippen molar-refractivity contribution in [1.29, 1.82) is 0 Å². The molecule has 0 aromatic carbocycles. The standard InChI is InChI=1S/C9H12FIN2O/c1-5(6(2)14)12-9-4-7(11)3-8(10)13-9/h3-6,14H,1-2H3,(H,12,13)/t5-,6-/m1/s1. The predicted octanol–water partition coefficient (Wildman–Crippen LogP) is 2.01. The number of nitrogens with one attached hydrogen (secondary N) is 1. The Balaban J connectivity index is 2.76. The van der Waals surface area contributed by atoms with E-state index in [1.807, 2.05) is 29.5 Å². The van der Waals surface area contributed by atoms with Gasteiger partial charge in [-0.3, -0.25) is 0 Å². The number of anilines is 1. The molecule has 3 nitrogen and oxygen atoms in total. The molecule has 0 fully saturated rings. The van der Waals surface area contributed by atoms with Crippen molar-refractivity contribution >= 4 is 28.4 Å². The topological polar surface area (TPSA) is 45.1 Å². The molecule has 1 rings (SSSR count). The lowest BCUT2D eigenvalue weighted by atomic mass is 10.2. The van der Waals surface area contributed by atoms with Gasteiger partial charge in [0, 0.05) is 9.64 Å².